The molecule has 0 aromatic carbocycles. The standard InChI is InChI=1S/C15H14N2O4/c1-2-12-11(8-9-21-12)15(20)17-13-5-3-4-10(16-13)6-7-14(18)19/h3-9H,2H2,1H3,(H,18,19)(H,16,17,20)/b7-6+. The molecule has 2 aromatic heterocycles. The topological polar surface area (TPSA) is 92.4 Å². The first-order chi connectivity index (χ1) is 10.1. The number of nitrogens with one attached hydrogen (secondary N) is 1. The number of carbonyl (C=O) groups excluding carboxylic acids is 1. The molecule has 0 atom stereocenters. The van der Waals surface area contributed by atoms with Crippen LogP contribution in [-0.2, 0) is 11.2 Å². The van der Waals surface area contributed by atoms with Gasteiger partial charge in [-0.3, -0.25) is 4.79 Å². The first-order valence-electron chi connectivity index (χ1n) is 6.36. The molecule has 0 aliphatic heterocycles. The van der Waals surface area contributed by atoms with E-state index >= 15 is 0 Å². The Hall–Kier alpha value is -2.89. The molecule has 6 heteroatoms. The number of aromatic nitrogens is 1. The molecule has 0 radical (unpaired) electrons. The highest BCUT2D eigenvalue weighted by molar-refractivity contribution is 6.04. The predicted octanol–water partition coefficient (Wildman–Crippen LogP) is 2.59. The molecular weight excluding hydrogens is 272 g/mol. The van der Waals surface area contributed by atoms with Crippen molar-refractivity contribution in [3.05, 3.63) is 53.6 Å². The van der Waals surface area contributed by atoms with Crippen LogP contribution in [0.4, 0.5) is 5.82 Å². The summed E-state index contributed by atoms with van der Waals surface area (Å²) in [6, 6.07) is 6.55. The number of aryl methyl sites for hydroxylation is 1. The van der Waals surface area contributed by atoms with Gasteiger partial charge in [-0.25, -0.2) is 9.78 Å². The lowest BCUT2D eigenvalue weighted by Gasteiger charge is -2.04. The number of carbonyl (C=O) groups is 2. The van der Waals surface area contributed by atoms with Crippen LogP contribution in [0.2, 0.25) is 0 Å². The van der Waals surface area contributed by atoms with Gasteiger partial charge in [0.2, 0.25) is 0 Å². The summed E-state index contributed by atoms with van der Waals surface area (Å²) in [6.45, 7) is 1.89. The third-order valence-electron chi connectivity index (χ3n) is 2.72. The van der Waals surface area contributed by atoms with Gasteiger partial charge in [0, 0.05) is 12.5 Å². The summed E-state index contributed by atoms with van der Waals surface area (Å²) in [6.07, 6.45) is 4.42. The Kier molecular flexibility index (Phi) is 4.50. The van der Waals surface area contributed by atoms with E-state index in [-0.39, 0.29) is 5.91 Å². The lowest BCUT2D eigenvalue weighted by atomic mass is 10.2. The van der Waals surface area contributed by atoms with Crippen molar-refractivity contribution in [2.24, 2.45) is 0 Å². The second-order valence-corrected chi connectivity index (χ2v) is 4.18. The number of pyridine rings is 1. The number of carboxylic acids is 1. The minimum absolute atomic E-state index is 0.313. The van der Waals surface area contributed by atoms with Crippen LogP contribution in [0.1, 0.15) is 28.7 Å². The fraction of sp³-hybridized carbons (Fsp3) is 0.133. The van der Waals surface area contributed by atoms with E-state index in [1.54, 1.807) is 24.3 Å². The summed E-state index contributed by atoms with van der Waals surface area (Å²) in [5.41, 5.74) is 0.906. The molecule has 2 heterocycles. The maximum atomic E-state index is 12.1. The average molecular weight is 286 g/mol. The van der Waals surface area contributed by atoms with Gasteiger partial charge >= 0.3 is 5.97 Å². The van der Waals surface area contributed by atoms with Gasteiger partial charge in [0.15, 0.2) is 0 Å². The Balaban J connectivity index is 2.14. The van der Waals surface area contributed by atoms with E-state index in [0.29, 0.717) is 29.3 Å². The van der Waals surface area contributed by atoms with Crippen molar-refractivity contribution in [1.29, 1.82) is 0 Å². The Bertz CT molecular complexity index is 688. The Morgan fingerprint density at radius 3 is 2.90 bits per heavy atom. The van der Waals surface area contributed by atoms with Gasteiger partial charge in [-0.15, -0.1) is 0 Å². The molecule has 6 nitrogen and oxygen atoms in total. The third kappa shape index (κ3) is 3.79. The van der Waals surface area contributed by atoms with Crippen molar-refractivity contribution in [3.63, 3.8) is 0 Å². The minimum atomic E-state index is -1.06. The molecule has 108 valence electrons. The van der Waals surface area contributed by atoms with Crippen LogP contribution in [0.15, 0.2) is 41.0 Å². The number of aliphatic carboxylic acids is 1. The largest absolute Gasteiger partial charge is 0.478 e. The molecule has 2 aromatic rings. The van der Waals surface area contributed by atoms with Crippen LogP contribution < -0.4 is 5.32 Å². The number of anilines is 1. The normalized spacial score (nSPS) is 10.7. The maximum absolute atomic E-state index is 12.1. The maximum Gasteiger partial charge on any atom is 0.328 e. The second-order valence-electron chi connectivity index (χ2n) is 4.18. The summed E-state index contributed by atoms with van der Waals surface area (Å²) < 4.78 is 5.20. The zero-order chi connectivity index (χ0) is 15.2. The SMILES string of the molecule is CCc1occc1C(=O)Nc1cccc(/C=C/C(=O)O)n1. The van der Waals surface area contributed by atoms with E-state index in [1.807, 2.05) is 6.92 Å². The smallest absolute Gasteiger partial charge is 0.328 e. The van der Waals surface area contributed by atoms with Crippen LogP contribution in [0.5, 0.6) is 0 Å². The van der Waals surface area contributed by atoms with Crippen LogP contribution in [0, 0.1) is 0 Å². The van der Waals surface area contributed by atoms with Gasteiger partial charge in [-0.1, -0.05) is 13.0 Å². The number of amides is 1. The molecule has 0 saturated carbocycles. The first kappa shape index (κ1) is 14.5. The molecule has 0 unspecified atom stereocenters. The van der Waals surface area contributed by atoms with Crippen molar-refractivity contribution >= 4 is 23.8 Å². The lowest BCUT2D eigenvalue weighted by Crippen LogP contribution is -2.13. The summed E-state index contributed by atoms with van der Waals surface area (Å²) in [5, 5.41) is 11.2. The number of rotatable bonds is 5. The fourth-order valence-corrected chi connectivity index (χ4v) is 1.77. The molecule has 0 fully saturated rings. The number of carboxylic acid groups (broad SMARTS) is 1. The molecule has 21 heavy (non-hydrogen) atoms. The van der Waals surface area contributed by atoms with Gasteiger partial charge in [0.25, 0.3) is 5.91 Å². The second kappa shape index (κ2) is 6.51. The zero-order valence-corrected chi connectivity index (χ0v) is 11.4. The quantitative estimate of drug-likeness (QED) is 0.824. The van der Waals surface area contributed by atoms with E-state index < -0.39 is 5.97 Å². The van der Waals surface area contributed by atoms with E-state index in [1.165, 1.54) is 12.3 Å². The van der Waals surface area contributed by atoms with Crippen LogP contribution in [-0.4, -0.2) is 22.0 Å². The number of hydrogen-bond acceptors (Lipinski definition) is 4. The highest BCUT2D eigenvalue weighted by atomic mass is 16.4. The summed E-state index contributed by atoms with van der Waals surface area (Å²) in [7, 11) is 0. The summed E-state index contributed by atoms with van der Waals surface area (Å²) >= 11 is 0. The monoisotopic (exact) mass is 286 g/mol. The van der Waals surface area contributed by atoms with E-state index in [4.69, 9.17) is 9.52 Å². The molecule has 0 spiro atoms. The van der Waals surface area contributed by atoms with Gasteiger partial charge in [-0.05, 0) is 24.3 Å². The van der Waals surface area contributed by atoms with E-state index in [9.17, 15) is 9.59 Å². The van der Waals surface area contributed by atoms with Crippen LogP contribution in [0.25, 0.3) is 6.08 Å². The molecule has 1 amide bonds. The van der Waals surface area contributed by atoms with Crippen molar-refractivity contribution in [2.75, 3.05) is 5.32 Å². The van der Waals surface area contributed by atoms with Crippen LogP contribution >= 0.6 is 0 Å². The molecule has 0 aliphatic carbocycles. The molecule has 2 N–H and O–H groups in total. The van der Waals surface area contributed by atoms with Gasteiger partial charge in [0.05, 0.1) is 17.5 Å². The lowest BCUT2D eigenvalue weighted by molar-refractivity contribution is -0.131. The van der Waals surface area contributed by atoms with E-state index in [2.05, 4.69) is 10.3 Å². The molecule has 0 aliphatic rings. The predicted molar refractivity (Wildman–Crippen MR) is 76.9 cm³/mol. The van der Waals surface area contributed by atoms with Crippen LogP contribution in [0.3, 0.4) is 0 Å². The Morgan fingerprint density at radius 2 is 2.19 bits per heavy atom. The molecule has 0 bridgehead atoms. The van der Waals surface area contributed by atoms with Crippen molar-refractivity contribution in [2.45, 2.75) is 13.3 Å². The van der Waals surface area contributed by atoms with Crippen molar-refractivity contribution in [3.8, 4) is 0 Å². The average Bonchev–Trinajstić information content (AvgIpc) is 2.94. The van der Waals surface area contributed by atoms with E-state index in [0.717, 1.165) is 6.08 Å². The minimum Gasteiger partial charge on any atom is -0.478 e. The van der Waals surface area contributed by atoms with Crippen molar-refractivity contribution in [1.82, 2.24) is 4.98 Å². The Morgan fingerprint density at radius 1 is 1.38 bits per heavy atom. The molecular formula is C15H14N2O4. The third-order valence-corrected chi connectivity index (χ3v) is 2.72. The van der Waals surface area contributed by atoms with Gasteiger partial charge in [0.1, 0.15) is 11.6 Å². The summed E-state index contributed by atoms with van der Waals surface area (Å²) in [4.78, 5) is 26.7. The number of furan rings is 1. The number of nitrogens with zero attached hydrogens (tertiary/aromatic N) is 1. The van der Waals surface area contributed by atoms with Gasteiger partial charge < -0.3 is 14.8 Å². The fourth-order valence-electron chi connectivity index (χ4n) is 1.77. The van der Waals surface area contributed by atoms with Crippen molar-refractivity contribution < 1.29 is 19.1 Å². The zero-order valence-electron chi connectivity index (χ0n) is 11.4. The summed E-state index contributed by atoms with van der Waals surface area (Å²) in [5.74, 6) is -0.421. The number of hydrogen-bond donors (Lipinski definition) is 2. The highest BCUT2D eigenvalue weighted by Gasteiger charge is 2.13. The molecule has 0 saturated heterocycles. The highest BCUT2D eigenvalue weighted by Crippen LogP contribution is 2.14. The molecule has 2 rings (SSSR count). The Labute approximate surface area is 121 Å². The van der Waals surface area contributed by atoms with Gasteiger partial charge in [-0.2, -0.15) is 0 Å². The first-order valence-corrected chi connectivity index (χ1v) is 6.36.